The number of hydrogen-bond acceptors (Lipinski definition) is 9. The molecule has 2 N–H and O–H groups in total. The van der Waals surface area contributed by atoms with Gasteiger partial charge < -0.3 is 10.6 Å². The summed E-state index contributed by atoms with van der Waals surface area (Å²) in [6.45, 7) is 7.66. The van der Waals surface area contributed by atoms with Gasteiger partial charge in [-0.1, -0.05) is 24.3 Å². The highest BCUT2D eigenvalue weighted by Gasteiger charge is 2.30. The molecule has 3 aromatic heterocycles. The van der Waals surface area contributed by atoms with Gasteiger partial charge in [0.05, 0.1) is 22.3 Å². The van der Waals surface area contributed by atoms with Crippen LogP contribution in [0.25, 0.3) is 10.2 Å². The third-order valence-corrected chi connectivity index (χ3v) is 8.19. The molecule has 2 unspecified atom stereocenters. The Labute approximate surface area is 193 Å². The molecule has 4 heterocycles. The molecule has 4 aromatic rings. The summed E-state index contributed by atoms with van der Waals surface area (Å²) >= 11 is 3.10. The van der Waals surface area contributed by atoms with Gasteiger partial charge in [-0.2, -0.15) is 0 Å². The molecule has 0 saturated carbocycles. The Morgan fingerprint density at radius 1 is 1.22 bits per heavy atom. The van der Waals surface area contributed by atoms with E-state index in [4.69, 9.17) is 5.73 Å². The minimum Gasteiger partial charge on any atom is -0.399 e. The Kier molecular flexibility index (Phi) is 5.78. The second-order valence-corrected chi connectivity index (χ2v) is 9.92. The van der Waals surface area contributed by atoms with Crippen LogP contribution in [0.4, 0.5) is 15.2 Å². The van der Waals surface area contributed by atoms with Crippen LogP contribution in [0.2, 0.25) is 0 Å². The van der Waals surface area contributed by atoms with Crippen molar-refractivity contribution in [2.75, 3.05) is 36.8 Å². The average Bonchev–Trinajstić information content (AvgIpc) is 3.55. The molecule has 1 saturated heterocycles. The summed E-state index contributed by atoms with van der Waals surface area (Å²) in [6.07, 6.45) is 0.920. The van der Waals surface area contributed by atoms with E-state index in [0.29, 0.717) is 15.9 Å². The number of piperazine rings is 1. The first kappa shape index (κ1) is 21.2. The highest BCUT2D eigenvalue weighted by molar-refractivity contribution is 7.22. The van der Waals surface area contributed by atoms with Crippen LogP contribution in [-0.2, 0) is 0 Å². The number of aromatic nitrogens is 5. The van der Waals surface area contributed by atoms with E-state index >= 15 is 0 Å². The fraction of sp³-hybridized carbons (Fsp3) is 0.429. The molecule has 0 amide bonds. The van der Waals surface area contributed by atoms with Crippen molar-refractivity contribution in [3.63, 3.8) is 0 Å². The smallest absolute Gasteiger partial charge is 0.186 e. The number of rotatable bonds is 6. The first-order valence-corrected chi connectivity index (χ1v) is 12.4. The Hall–Kier alpha value is -2.63. The number of anilines is 2. The largest absolute Gasteiger partial charge is 0.399 e. The lowest BCUT2D eigenvalue weighted by Gasteiger charge is -2.38. The standard InChI is InChI=1S/C21H25FN8S2/c1-3-17(20-25-26-27-30(20)13(2)18-5-4-10-31-18)28-6-8-29(9-7-28)21-24-16-12-14(23)11-15(22)19(16)32-21/h4-5,10-13,17H,3,6-9,23H2,1-2H3. The molecule has 168 valence electrons. The Morgan fingerprint density at radius 2 is 2.03 bits per heavy atom. The summed E-state index contributed by atoms with van der Waals surface area (Å²) in [5.41, 5.74) is 6.80. The van der Waals surface area contributed by atoms with E-state index in [2.05, 4.69) is 61.7 Å². The van der Waals surface area contributed by atoms with Crippen LogP contribution in [0, 0.1) is 5.82 Å². The summed E-state index contributed by atoms with van der Waals surface area (Å²) in [5.74, 6) is 0.597. The van der Waals surface area contributed by atoms with Crippen molar-refractivity contribution in [2.45, 2.75) is 32.4 Å². The number of thiophene rings is 1. The number of hydrogen-bond donors (Lipinski definition) is 1. The number of benzene rings is 1. The summed E-state index contributed by atoms with van der Waals surface area (Å²) in [5, 5.41) is 15.6. The van der Waals surface area contributed by atoms with Crippen molar-refractivity contribution < 1.29 is 4.39 Å². The van der Waals surface area contributed by atoms with Crippen LogP contribution in [0.5, 0.6) is 0 Å². The molecule has 5 rings (SSSR count). The van der Waals surface area contributed by atoms with Crippen LogP contribution in [-0.4, -0.2) is 56.3 Å². The van der Waals surface area contributed by atoms with Crippen LogP contribution in [0.1, 0.15) is 43.1 Å². The van der Waals surface area contributed by atoms with Gasteiger partial charge in [0.25, 0.3) is 0 Å². The number of halogens is 1. The van der Waals surface area contributed by atoms with Gasteiger partial charge in [-0.25, -0.2) is 14.1 Å². The fourth-order valence-electron chi connectivity index (χ4n) is 4.31. The zero-order chi connectivity index (χ0) is 22.2. The van der Waals surface area contributed by atoms with Crippen molar-refractivity contribution in [2.24, 2.45) is 0 Å². The van der Waals surface area contributed by atoms with E-state index in [-0.39, 0.29) is 17.9 Å². The average molecular weight is 473 g/mol. The lowest BCUT2D eigenvalue weighted by Crippen LogP contribution is -2.48. The molecule has 0 bridgehead atoms. The molecular formula is C21H25FN8S2. The van der Waals surface area contributed by atoms with Crippen molar-refractivity contribution in [1.82, 2.24) is 30.1 Å². The van der Waals surface area contributed by atoms with Gasteiger partial charge >= 0.3 is 0 Å². The Balaban J connectivity index is 1.32. The van der Waals surface area contributed by atoms with Gasteiger partial charge in [-0.15, -0.1) is 16.4 Å². The van der Waals surface area contributed by atoms with E-state index in [1.807, 2.05) is 4.68 Å². The molecular weight excluding hydrogens is 447 g/mol. The van der Waals surface area contributed by atoms with Crippen molar-refractivity contribution >= 4 is 43.7 Å². The second-order valence-electron chi connectivity index (χ2n) is 7.97. The van der Waals surface area contributed by atoms with Crippen LogP contribution < -0.4 is 10.6 Å². The maximum atomic E-state index is 14.2. The number of nitrogen functional groups attached to an aromatic ring is 1. The SMILES string of the molecule is CCC(c1nnnn1C(C)c1cccs1)N1CCN(c2nc3cc(N)cc(F)c3s2)CC1. The van der Waals surface area contributed by atoms with Crippen LogP contribution in [0.15, 0.2) is 29.6 Å². The molecule has 0 radical (unpaired) electrons. The second kappa shape index (κ2) is 8.72. The molecule has 1 aliphatic rings. The molecule has 8 nitrogen and oxygen atoms in total. The zero-order valence-electron chi connectivity index (χ0n) is 18.0. The van der Waals surface area contributed by atoms with Crippen molar-refractivity contribution in [3.8, 4) is 0 Å². The molecule has 32 heavy (non-hydrogen) atoms. The van der Waals surface area contributed by atoms with Gasteiger partial charge in [0, 0.05) is 36.7 Å². The molecule has 1 aromatic carbocycles. The van der Waals surface area contributed by atoms with E-state index in [9.17, 15) is 4.39 Å². The first-order chi connectivity index (χ1) is 15.5. The number of tetrazole rings is 1. The third-order valence-electron chi connectivity index (χ3n) is 6.01. The van der Waals surface area contributed by atoms with Gasteiger partial charge in [0.15, 0.2) is 11.0 Å². The summed E-state index contributed by atoms with van der Waals surface area (Å²) in [7, 11) is 0. The molecule has 11 heteroatoms. The first-order valence-electron chi connectivity index (χ1n) is 10.7. The lowest BCUT2D eigenvalue weighted by molar-refractivity contribution is 0.168. The normalized spacial score (nSPS) is 17.2. The van der Waals surface area contributed by atoms with Crippen LogP contribution in [0.3, 0.4) is 0 Å². The highest BCUT2D eigenvalue weighted by Crippen LogP contribution is 2.34. The maximum Gasteiger partial charge on any atom is 0.186 e. The number of thiazole rings is 1. The van der Waals surface area contributed by atoms with Crippen molar-refractivity contribution in [3.05, 3.63) is 46.2 Å². The lowest BCUT2D eigenvalue weighted by atomic mass is 10.1. The monoisotopic (exact) mass is 472 g/mol. The van der Waals surface area contributed by atoms with E-state index in [0.717, 1.165) is 43.6 Å². The minimum absolute atomic E-state index is 0.0976. The fourth-order valence-corrected chi connectivity index (χ4v) is 6.08. The predicted molar refractivity (Wildman–Crippen MR) is 127 cm³/mol. The molecule has 2 atom stereocenters. The van der Waals surface area contributed by atoms with Crippen molar-refractivity contribution in [1.29, 1.82) is 0 Å². The van der Waals surface area contributed by atoms with Gasteiger partial charge in [0.2, 0.25) is 0 Å². The van der Waals surface area contributed by atoms with Gasteiger partial charge in [0.1, 0.15) is 5.82 Å². The summed E-state index contributed by atoms with van der Waals surface area (Å²) < 4.78 is 16.8. The summed E-state index contributed by atoms with van der Waals surface area (Å²) in [4.78, 5) is 10.5. The number of nitrogens with two attached hydrogens (primary N) is 1. The van der Waals surface area contributed by atoms with Crippen LogP contribution >= 0.6 is 22.7 Å². The molecule has 0 aliphatic carbocycles. The Morgan fingerprint density at radius 3 is 2.75 bits per heavy atom. The molecule has 1 aliphatic heterocycles. The van der Waals surface area contributed by atoms with Gasteiger partial charge in [-0.3, -0.25) is 4.90 Å². The predicted octanol–water partition coefficient (Wildman–Crippen LogP) is 3.95. The Bertz CT molecular complexity index is 1200. The number of fused-ring (bicyclic) bond motifs is 1. The molecule has 1 fully saturated rings. The topological polar surface area (TPSA) is 89.0 Å². The third kappa shape index (κ3) is 3.84. The van der Waals surface area contributed by atoms with Gasteiger partial charge in [-0.05, 0) is 47.4 Å². The highest BCUT2D eigenvalue weighted by atomic mass is 32.1. The van der Waals surface area contributed by atoms with E-state index in [1.54, 1.807) is 17.4 Å². The number of nitrogens with zero attached hydrogens (tertiary/aromatic N) is 7. The summed E-state index contributed by atoms with van der Waals surface area (Å²) in [6, 6.07) is 7.50. The maximum absolute atomic E-state index is 14.2. The van der Waals surface area contributed by atoms with E-state index in [1.165, 1.54) is 22.3 Å². The quantitative estimate of drug-likeness (QED) is 0.425. The molecule has 0 spiro atoms. The minimum atomic E-state index is -0.305. The van der Waals surface area contributed by atoms with E-state index < -0.39 is 0 Å². The zero-order valence-corrected chi connectivity index (χ0v) is 19.6.